The highest BCUT2D eigenvalue weighted by Gasteiger charge is 2.38. The van der Waals surface area contributed by atoms with Gasteiger partial charge >= 0.3 is 12.1 Å². The first kappa shape index (κ1) is 18.8. The molecule has 140 valence electrons. The Balaban J connectivity index is 1.72. The summed E-state index contributed by atoms with van der Waals surface area (Å²) in [7, 11) is 0. The lowest BCUT2D eigenvalue weighted by Gasteiger charge is -2.37. The summed E-state index contributed by atoms with van der Waals surface area (Å²) in [5.74, 6) is -0.922. The molecule has 1 saturated carbocycles. The summed E-state index contributed by atoms with van der Waals surface area (Å²) in [6.45, 7) is 4.89. The van der Waals surface area contributed by atoms with Gasteiger partial charge in [0.15, 0.2) is 0 Å². The molecule has 4 nitrogen and oxygen atoms in total. The molecule has 1 aromatic carbocycles. The van der Waals surface area contributed by atoms with Crippen LogP contribution in [0.15, 0.2) is 28.8 Å². The Bertz CT molecular complexity index is 767. The summed E-state index contributed by atoms with van der Waals surface area (Å²) in [6, 6.07) is 7.40. The Morgan fingerprint density at radius 1 is 1.27 bits per heavy atom. The molecule has 1 aliphatic carbocycles. The van der Waals surface area contributed by atoms with E-state index in [2.05, 4.69) is 33.4 Å². The van der Waals surface area contributed by atoms with E-state index < -0.39 is 12.1 Å². The Morgan fingerprint density at radius 3 is 2.38 bits per heavy atom. The first-order chi connectivity index (χ1) is 12.3. The van der Waals surface area contributed by atoms with Crippen LogP contribution in [-0.4, -0.2) is 26.1 Å². The van der Waals surface area contributed by atoms with Gasteiger partial charge in [0.1, 0.15) is 0 Å². The number of thiocarbonyl (C=S) groups is 1. The van der Waals surface area contributed by atoms with E-state index in [-0.39, 0.29) is 11.9 Å². The largest absolute Gasteiger partial charge is 0.471 e. The van der Waals surface area contributed by atoms with Gasteiger partial charge in [-0.15, -0.1) is 0 Å². The Morgan fingerprint density at radius 2 is 1.92 bits per heavy atom. The molecule has 0 bridgehead atoms. The normalized spacial score (nSPS) is 15.2. The highest BCUT2D eigenvalue weighted by Crippen LogP contribution is 2.31. The molecule has 1 aromatic heterocycles. The summed E-state index contributed by atoms with van der Waals surface area (Å²) in [5, 5.41) is 3.40. The highest BCUT2D eigenvalue weighted by atomic mass is 32.1. The fourth-order valence-corrected chi connectivity index (χ4v) is 3.33. The number of alkyl halides is 3. The van der Waals surface area contributed by atoms with Crippen molar-refractivity contribution in [1.29, 1.82) is 0 Å². The van der Waals surface area contributed by atoms with Crippen molar-refractivity contribution in [2.24, 2.45) is 5.92 Å². The molecule has 0 aliphatic heterocycles. The molecule has 2 aromatic rings. The quantitative estimate of drug-likeness (QED) is 0.673. The minimum Gasteiger partial charge on any atom is -0.359 e. The maximum atomic E-state index is 12.6. The van der Waals surface area contributed by atoms with Crippen LogP contribution in [0.2, 0.25) is 0 Å². The fourth-order valence-electron chi connectivity index (χ4n) is 2.82. The zero-order valence-corrected chi connectivity index (χ0v) is 15.4. The topological polar surface area (TPSA) is 42.2 Å². The van der Waals surface area contributed by atoms with E-state index in [9.17, 15) is 13.2 Å². The van der Waals surface area contributed by atoms with Crippen LogP contribution in [0.3, 0.4) is 0 Å². The average Bonchev–Trinajstić information content (AvgIpc) is 3.01. The summed E-state index contributed by atoms with van der Waals surface area (Å²) in [6.07, 6.45) is -1.10. The lowest BCUT2D eigenvalue weighted by atomic mass is 9.84. The predicted octanol–water partition coefficient (Wildman–Crippen LogP) is 5.09. The molecule has 8 heteroatoms. The SMILES string of the molecule is CC(C)N(Cc1ccc(-c2noc(C(F)(F)F)n2)cc1)C(=S)C1CCC1. The van der Waals surface area contributed by atoms with Crippen LogP contribution in [0.5, 0.6) is 0 Å². The van der Waals surface area contributed by atoms with E-state index >= 15 is 0 Å². The van der Waals surface area contributed by atoms with Gasteiger partial charge in [-0.05, 0) is 32.3 Å². The Hall–Kier alpha value is -1.96. The molecular formula is C18H20F3N3OS. The first-order valence-electron chi connectivity index (χ1n) is 8.56. The van der Waals surface area contributed by atoms with Crippen molar-refractivity contribution < 1.29 is 17.7 Å². The van der Waals surface area contributed by atoms with E-state index in [1.165, 1.54) is 6.42 Å². The van der Waals surface area contributed by atoms with Crippen LogP contribution in [0.1, 0.15) is 44.6 Å². The molecule has 0 amide bonds. The second-order valence-electron chi connectivity index (χ2n) is 6.81. The molecule has 3 rings (SSSR count). The summed E-state index contributed by atoms with van der Waals surface area (Å²) in [4.78, 5) is 6.62. The number of rotatable bonds is 5. The average molecular weight is 383 g/mol. The van der Waals surface area contributed by atoms with Crippen molar-refractivity contribution in [3.8, 4) is 11.4 Å². The zero-order valence-electron chi connectivity index (χ0n) is 14.6. The summed E-state index contributed by atoms with van der Waals surface area (Å²) < 4.78 is 42.0. The van der Waals surface area contributed by atoms with Gasteiger partial charge in [-0.2, -0.15) is 18.2 Å². The molecule has 0 radical (unpaired) electrons. The minimum atomic E-state index is -4.64. The van der Waals surface area contributed by atoms with Gasteiger partial charge in [-0.3, -0.25) is 0 Å². The number of halogens is 3. The molecule has 0 spiro atoms. The van der Waals surface area contributed by atoms with Crippen molar-refractivity contribution in [1.82, 2.24) is 15.0 Å². The van der Waals surface area contributed by atoms with Gasteiger partial charge in [-0.25, -0.2) is 0 Å². The summed E-state index contributed by atoms with van der Waals surface area (Å²) >= 11 is 5.65. The third-order valence-electron chi connectivity index (χ3n) is 4.59. The maximum Gasteiger partial charge on any atom is 0.471 e. The fraction of sp³-hybridized carbons (Fsp3) is 0.500. The van der Waals surface area contributed by atoms with Crippen molar-refractivity contribution in [3.05, 3.63) is 35.7 Å². The number of nitrogens with zero attached hydrogens (tertiary/aromatic N) is 3. The zero-order chi connectivity index (χ0) is 18.9. The second kappa shape index (κ2) is 7.34. The van der Waals surface area contributed by atoms with Crippen molar-refractivity contribution >= 4 is 17.2 Å². The van der Waals surface area contributed by atoms with Gasteiger partial charge in [-0.1, -0.05) is 48.1 Å². The number of benzene rings is 1. The molecule has 0 unspecified atom stereocenters. The van der Waals surface area contributed by atoms with Gasteiger partial charge in [0.2, 0.25) is 5.82 Å². The van der Waals surface area contributed by atoms with Gasteiger partial charge in [0.25, 0.3) is 0 Å². The molecule has 0 saturated heterocycles. The second-order valence-corrected chi connectivity index (χ2v) is 7.22. The Kier molecular flexibility index (Phi) is 5.32. The number of aromatic nitrogens is 2. The van der Waals surface area contributed by atoms with Crippen molar-refractivity contribution in [2.75, 3.05) is 0 Å². The van der Waals surface area contributed by atoms with Gasteiger partial charge in [0, 0.05) is 24.1 Å². The smallest absolute Gasteiger partial charge is 0.359 e. The molecule has 0 atom stereocenters. The van der Waals surface area contributed by atoms with Gasteiger partial charge in [0.05, 0.1) is 4.99 Å². The highest BCUT2D eigenvalue weighted by molar-refractivity contribution is 7.80. The van der Waals surface area contributed by atoms with E-state index in [0.29, 0.717) is 18.0 Å². The minimum absolute atomic E-state index is 0.0745. The van der Waals surface area contributed by atoms with Crippen LogP contribution < -0.4 is 0 Å². The molecule has 1 heterocycles. The Labute approximate surface area is 155 Å². The standard InChI is InChI=1S/C18H20F3N3OS/c1-11(2)24(16(26)14-4-3-5-14)10-12-6-8-13(9-7-12)15-22-17(25-23-15)18(19,20)21/h6-9,11,14H,3-5,10H2,1-2H3. The maximum absolute atomic E-state index is 12.6. The first-order valence-corrected chi connectivity index (χ1v) is 8.97. The van der Waals surface area contributed by atoms with E-state index in [1.807, 2.05) is 12.1 Å². The van der Waals surface area contributed by atoms with Crippen molar-refractivity contribution in [3.63, 3.8) is 0 Å². The number of hydrogen-bond donors (Lipinski definition) is 0. The monoisotopic (exact) mass is 383 g/mol. The van der Waals surface area contributed by atoms with Crippen molar-refractivity contribution in [2.45, 2.75) is 51.9 Å². The lowest BCUT2D eigenvalue weighted by Crippen LogP contribution is -2.41. The third kappa shape index (κ3) is 4.06. The number of hydrogen-bond acceptors (Lipinski definition) is 4. The predicted molar refractivity (Wildman–Crippen MR) is 95.4 cm³/mol. The van der Waals surface area contributed by atoms with E-state index in [0.717, 1.165) is 23.4 Å². The van der Waals surface area contributed by atoms with Crippen LogP contribution in [0.4, 0.5) is 13.2 Å². The third-order valence-corrected chi connectivity index (χ3v) is 5.16. The van der Waals surface area contributed by atoms with Crippen LogP contribution in [0, 0.1) is 5.92 Å². The molecule has 26 heavy (non-hydrogen) atoms. The van der Waals surface area contributed by atoms with E-state index in [1.54, 1.807) is 12.1 Å². The molecule has 1 aliphatic rings. The van der Waals surface area contributed by atoms with E-state index in [4.69, 9.17) is 12.2 Å². The molecule has 0 N–H and O–H groups in total. The van der Waals surface area contributed by atoms with Crippen LogP contribution >= 0.6 is 12.2 Å². The molecular weight excluding hydrogens is 363 g/mol. The van der Waals surface area contributed by atoms with Crippen LogP contribution in [-0.2, 0) is 12.7 Å². The summed E-state index contributed by atoms with van der Waals surface area (Å²) in [5.41, 5.74) is 1.51. The van der Waals surface area contributed by atoms with Gasteiger partial charge < -0.3 is 9.42 Å². The van der Waals surface area contributed by atoms with Crippen LogP contribution in [0.25, 0.3) is 11.4 Å². The lowest BCUT2D eigenvalue weighted by molar-refractivity contribution is -0.159. The molecule has 1 fully saturated rings.